The highest BCUT2D eigenvalue weighted by Crippen LogP contribution is 2.56. The van der Waals surface area contributed by atoms with Gasteiger partial charge in [0.1, 0.15) is 0 Å². The van der Waals surface area contributed by atoms with Gasteiger partial charge in [-0.2, -0.15) is 0 Å². The van der Waals surface area contributed by atoms with Gasteiger partial charge in [0.25, 0.3) is 0 Å². The second-order valence-electron chi connectivity index (χ2n) is 7.32. The van der Waals surface area contributed by atoms with Crippen molar-refractivity contribution in [1.29, 1.82) is 0 Å². The van der Waals surface area contributed by atoms with Gasteiger partial charge in [-0.05, 0) is 42.9 Å². The average molecular weight is 264 g/mol. The molecule has 19 heavy (non-hydrogen) atoms. The van der Waals surface area contributed by atoms with E-state index in [2.05, 4.69) is 26.0 Å². The van der Waals surface area contributed by atoms with E-state index in [0.29, 0.717) is 17.8 Å². The van der Waals surface area contributed by atoms with E-state index < -0.39 is 0 Å². The molecule has 3 rings (SSSR count). The molecule has 2 N–H and O–H groups in total. The Bertz CT molecular complexity index is 358. The lowest BCUT2D eigenvalue weighted by atomic mass is 9.58. The molecular formula is C17H28O2. The van der Waals surface area contributed by atoms with Gasteiger partial charge in [-0.25, -0.2) is 0 Å². The van der Waals surface area contributed by atoms with Crippen molar-refractivity contribution in [2.75, 3.05) is 0 Å². The van der Waals surface area contributed by atoms with E-state index in [1.54, 1.807) is 0 Å². The third-order valence-corrected chi connectivity index (χ3v) is 6.46. The number of rotatable bonds is 2. The smallest absolute Gasteiger partial charge is 0.0662 e. The molecule has 0 aromatic rings. The van der Waals surface area contributed by atoms with Gasteiger partial charge in [0.15, 0.2) is 0 Å². The molecule has 3 aliphatic rings. The molecule has 6 atom stereocenters. The Morgan fingerprint density at radius 1 is 1.16 bits per heavy atom. The number of aliphatic hydroxyl groups is 2. The fourth-order valence-electron chi connectivity index (χ4n) is 4.95. The molecule has 2 fully saturated rings. The SMILES string of the molecule is C[C@H]1[C@@H](O)[C@@H](C)[C@@]2([C@@H](O)C3CCCCC3)C=C[C@H]1C2. The lowest BCUT2D eigenvalue weighted by molar-refractivity contribution is -0.111. The third-order valence-electron chi connectivity index (χ3n) is 6.46. The molecule has 0 aliphatic heterocycles. The molecule has 0 amide bonds. The maximum absolute atomic E-state index is 11.0. The summed E-state index contributed by atoms with van der Waals surface area (Å²) < 4.78 is 0. The van der Waals surface area contributed by atoms with Crippen molar-refractivity contribution in [1.82, 2.24) is 0 Å². The molecule has 0 saturated heterocycles. The summed E-state index contributed by atoms with van der Waals surface area (Å²) in [5.74, 6) is 1.42. The highest BCUT2D eigenvalue weighted by atomic mass is 16.3. The van der Waals surface area contributed by atoms with Gasteiger partial charge in [-0.1, -0.05) is 45.3 Å². The first-order valence-corrected chi connectivity index (χ1v) is 8.12. The highest BCUT2D eigenvalue weighted by Gasteiger charge is 2.55. The van der Waals surface area contributed by atoms with Gasteiger partial charge in [0.2, 0.25) is 0 Å². The lowest BCUT2D eigenvalue weighted by Crippen LogP contribution is -2.52. The predicted octanol–water partition coefficient (Wildman–Crippen LogP) is 3.14. The number of fused-ring (bicyclic) bond motifs is 2. The normalized spacial score (nSPS) is 48.4. The fourth-order valence-corrected chi connectivity index (χ4v) is 4.95. The van der Waals surface area contributed by atoms with Crippen LogP contribution in [0.4, 0.5) is 0 Å². The van der Waals surface area contributed by atoms with Gasteiger partial charge in [0, 0.05) is 5.41 Å². The summed E-state index contributed by atoms with van der Waals surface area (Å²) in [4.78, 5) is 0. The molecule has 0 spiro atoms. The minimum Gasteiger partial charge on any atom is -0.393 e. The van der Waals surface area contributed by atoms with Crippen LogP contribution in [0, 0.1) is 29.1 Å². The minimum atomic E-state index is -0.271. The molecule has 108 valence electrons. The van der Waals surface area contributed by atoms with Gasteiger partial charge in [-0.3, -0.25) is 0 Å². The van der Waals surface area contributed by atoms with Gasteiger partial charge in [0.05, 0.1) is 12.2 Å². The summed E-state index contributed by atoms with van der Waals surface area (Å²) in [7, 11) is 0. The predicted molar refractivity (Wildman–Crippen MR) is 76.6 cm³/mol. The summed E-state index contributed by atoms with van der Waals surface area (Å²) >= 11 is 0. The molecule has 2 bridgehead atoms. The van der Waals surface area contributed by atoms with Crippen LogP contribution in [0.3, 0.4) is 0 Å². The van der Waals surface area contributed by atoms with Gasteiger partial charge >= 0.3 is 0 Å². The van der Waals surface area contributed by atoms with E-state index in [1.807, 2.05) is 0 Å². The molecule has 3 aliphatic carbocycles. The second-order valence-corrected chi connectivity index (χ2v) is 7.32. The molecule has 0 aromatic heterocycles. The maximum Gasteiger partial charge on any atom is 0.0662 e. The van der Waals surface area contributed by atoms with Crippen LogP contribution in [-0.4, -0.2) is 22.4 Å². The Morgan fingerprint density at radius 2 is 1.84 bits per heavy atom. The van der Waals surface area contributed by atoms with Crippen LogP contribution in [0.1, 0.15) is 52.4 Å². The topological polar surface area (TPSA) is 40.5 Å². The van der Waals surface area contributed by atoms with Crippen LogP contribution in [0.15, 0.2) is 12.2 Å². The number of hydrogen-bond donors (Lipinski definition) is 2. The van der Waals surface area contributed by atoms with Crippen molar-refractivity contribution in [3.8, 4) is 0 Å². The summed E-state index contributed by atoms with van der Waals surface area (Å²) in [6, 6.07) is 0. The first-order valence-electron chi connectivity index (χ1n) is 8.12. The molecule has 0 unspecified atom stereocenters. The zero-order valence-electron chi connectivity index (χ0n) is 12.3. The fraction of sp³-hybridized carbons (Fsp3) is 0.882. The highest BCUT2D eigenvalue weighted by molar-refractivity contribution is 5.21. The first kappa shape index (κ1) is 13.6. The van der Waals surface area contributed by atoms with Crippen LogP contribution in [0.25, 0.3) is 0 Å². The molecule has 2 nitrogen and oxygen atoms in total. The Morgan fingerprint density at radius 3 is 2.53 bits per heavy atom. The van der Waals surface area contributed by atoms with Crippen LogP contribution in [0.5, 0.6) is 0 Å². The first-order chi connectivity index (χ1) is 9.06. The Hall–Kier alpha value is -0.340. The van der Waals surface area contributed by atoms with Crippen molar-refractivity contribution >= 4 is 0 Å². The zero-order valence-corrected chi connectivity index (χ0v) is 12.3. The van der Waals surface area contributed by atoms with E-state index >= 15 is 0 Å². The maximum atomic E-state index is 11.0. The minimum absolute atomic E-state index is 0.154. The molecule has 2 heteroatoms. The molecule has 0 aromatic carbocycles. The van der Waals surface area contributed by atoms with Crippen molar-refractivity contribution < 1.29 is 10.2 Å². The Labute approximate surface area is 116 Å². The van der Waals surface area contributed by atoms with E-state index in [-0.39, 0.29) is 23.5 Å². The number of aliphatic hydroxyl groups excluding tert-OH is 2. The van der Waals surface area contributed by atoms with E-state index in [9.17, 15) is 10.2 Å². The van der Waals surface area contributed by atoms with Crippen LogP contribution in [-0.2, 0) is 0 Å². The Kier molecular flexibility index (Phi) is 3.51. The van der Waals surface area contributed by atoms with E-state index in [1.165, 1.54) is 32.1 Å². The molecule has 0 heterocycles. The van der Waals surface area contributed by atoms with Crippen molar-refractivity contribution in [2.24, 2.45) is 29.1 Å². The van der Waals surface area contributed by atoms with Crippen molar-refractivity contribution in [3.05, 3.63) is 12.2 Å². The van der Waals surface area contributed by atoms with Crippen LogP contribution < -0.4 is 0 Å². The van der Waals surface area contributed by atoms with Gasteiger partial charge < -0.3 is 10.2 Å². The monoisotopic (exact) mass is 264 g/mol. The summed E-state index contributed by atoms with van der Waals surface area (Å²) in [6.45, 7) is 4.29. The summed E-state index contributed by atoms with van der Waals surface area (Å²) in [5, 5.41) is 21.5. The molecule has 0 radical (unpaired) electrons. The van der Waals surface area contributed by atoms with E-state index in [4.69, 9.17) is 0 Å². The van der Waals surface area contributed by atoms with Crippen molar-refractivity contribution in [2.45, 2.75) is 64.6 Å². The lowest BCUT2D eigenvalue weighted by Gasteiger charge is -2.50. The standard InChI is InChI=1S/C17H28O2/c1-11-14-8-9-17(10-14,12(2)15(11)18)16(19)13-6-4-3-5-7-13/h8-9,11-16,18-19H,3-7,10H2,1-2H3/t11-,12-,14+,15-,16+,17-/m1/s1. The summed E-state index contributed by atoms with van der Waals surface area (Å²) in [6.07, 6.45) is 11.2. The number of allylic oxidation sites excluding steroid dienone is 1. The second kappa shape index (κ2) is 4.89. The third kappa shape index (κ3) is 1.99. The Balaban J connectivity index is 1.84. The average Bonchev–Trinajstić information content (AvgIpc) is 2.87. The zero-order chi connectivity index (χ0) is 13.6. The van der Waals surface area contributed by atoms with Gasteiger partial charge in [-0.15, -0.1) is 0 Å². The van der Waals surface area contributed by atoms with E-state index in [0.717, 1.165) is 6.42 Å². The van der Waals surface area contributed by atoms with Crippen LogP contribution in [0.2, 0.25) is 0 Å². The van der Waals surface area contributed by atoms with Crippen molar-refractivity contribution in [3.63, 3.8) is 0 Å². The number of hydrogen-bond acceptors (Lipinski definition) is 2. The molecular weight excluding hydrogens is 236 g/mol. The quantitative estimate of drug-likeness (QED) is 0.752. The summed E-state index contributed by atoms with van der Waals surface area (Å²) in [5.41, 5.74) is -0.154. The van der Waals surface area contributed by atoms with Crippen LogP contribution >= 0.6 is 0 Å². The largest absolute Gasteiger partial charge is 0.393 e. The molecule has 2 saturated carbocycles.